The molecule has 3 nitrogen and oxygen atoms in total. The summed E-state index contributed by atoms with van der Waals surface area (Å²) in [6.45, 7) is 2.80. The van der Waals surface area contributed by atoms with E-state index in [2.05, 4.69) is 5.32 Å². The molecule has 15 heavy (non-hydrogen) atoms. The highest BCUT2D eigenvalue weighted by atomic mass is 19.1. The van der Waals surface area contributed by atoms with E-state index < -0.39 is 0 Å². The molecule has 0 aliphatic rings. The summed E-state index contributed by atoms with van der Waals surface area (Å²) in [6, 6.07) is 4.27. The largest absolute Gasteiger partial charge is 0.352 e. The Hall–Kier alpha value is -1.42. The van der Waals surface area contributed by atoms with Gasteiger partial charge in [0.25, 0.3) is 5.91 Å². The van der Waals surface area contributed by atoms with Crippen molar-refractivity contribution in [2.45, 2.75) is 13.3 Å². The first kappa shape index (κ1) is 11.7. The lowest BCUT2D eigenvalue weighted by atomic mass is 10.1. The summed E-state index contributed by atoms with van der Waals surface area (Å²) in [5, 5.41) is 2.67. The number of benzene rings is 1. The topological polar surface area (TPSA) is 55.1 Å². The zero-order valence-electron chi connectivity index (χ0n) is 8.72. The summed E-state index contributed by atoms with van der Waals surface area (Å²) in [5.41, 5.74) is 6.38. The molecule has 1 rings (SSSR count). The van der Waals surface area contributed by atoms with E-state index in [-0.39, 0.29) is 11.7 Å². The average molecular weight is 210 g/mol. The minimum atomic E-state index is -0.390. The van der Waals surface area contributed by atoms with Gasteiger partial charge in [-0.2, -0.15) is 0 Å². The summed E-state index contributed by atoms with van der Waals surface area (Å²) in [7, 11) is 0. The number of carbonyl (C=O) groups excluding carboxylic acids is 1. The van der Waals surface area contributed by atoms with E-state index in [4.69, 9.17) is 5.73 Å². The molecule has 0 heterocycles. The number of nitrogens with two attached hydrogens (primary N) is 1. The van der Waals surface area contributed by atoms with Gasteiger partial charge in [-0.05, 0) is 43.7 Å². The minimum Gasteiger partial charge on any atom is -0.352 e. The summed E-state index contributed by atoms with van der Waals surface area (Å²) in [6.07, 6.45) is 0.722. The van der Waals surface area contributed by atoms with Crippen LogP contribution in [0.1, 0.15) is 22.3 Å². The van der Waals surface area contributed by atoms with Crippen LogP contribution in [0, 0.1) is 12.7 Å². The standard InChI is InChI=1S/C11H15FN2O/c1-8-5-9(7-10(12)6-8)11(15)14-4-2-3-13/h5-7H,2-4,13H2,1H3,(H,14,15). The van der Waals surface area contributed by atoms with E-state index in [1.54, 1.807) is 13.0 Å². The van der Waals surface area contributed by atoms with Gasteiger partial charge in [0, 0.05) is 12.1 Å². The highest BCUT2D eigenvalue weighted by molar-refractivity contribution is 5.94. The highest BCUT2D eigenvalue weighted by Crippen LogP contribution is 2.07. The third kappa shape index (κ3) is 3.67. The first-order chi connectivity index (χ1) is 7.13. The lowest BCUT2D eigenvalue weighted by Gasteiger charge is -2.05. The fourth-order valence-electron chi connectivity index (χ4n) is 1.27. The van der Waals surface area contributed by atoms with E-state index >= 15 is 0 Å². The molecule has 0 bridgehead atoms. The van der Waals surface area contributed by atoms with Crippen LogP contribution >= 0.6 is 0 Å². The van der Waals surface area contributed by atoms with Crippen molar-refractivity contribution in [1.29, 1.82) is 0 Å². The Kier molecular flexibility index (Phi) is 4.24. The van der Waals surface area contributed by atoms with Crippen LogP contribution in [0.2, 0.25) is 0 Å². The van der Waals surface area contributed by atoms with Crippen molar-refractivity contribution in [2.75, 3.05) is 13.1 Å². The molecule has 0 unspecified atom stereocenters. The predicted molar refractivity (Wildman–Crippen MR) is 57.1 cm³/mol. The fourth-order valence-corrected chi connectivity index (χ4v) is 1.27. The number of halogens is 1. The Morgan fingerprint density at radius 3 is 2.80 bits per heavy atom. The Bertz CT molecular complexity index is 332. The van der Waals surface area contributed by atoms with Gasteiger partial charge >= 0.3 is 0 Å². The monoisotopic (exact) mass is 210 g/mol. The quantitative estimate of drug-likeness (QED) is 0.734. The maximum atomic E-state index is 13.0. The van der Waals surface area contributed by atoms with Crippen molar-refractivity contribution < 1.29 is 9.18 Å². The van der Waals surface area contributed by atoms with Gasteiger partial charge in [0.15, 0.2) is 0 Å². The van der Waals surface area contributed by atoms with Crippen molar-refractivity contribution >= 4 is 5.91 Å². The molecule has 0 aliphatic heterocycles. The van der Waals surface area contributed by atoms with Gasteiger partial charge < -0.3 is 11.1 Å². The lowest BCUT2D eigenvalue weighted by Crippen LogP contribution is -2.26. The van der Waals surface area contributed by atoms with Crippen LogP contribution in [0.15, 0.2) is 18.2 Å². The molecule has 0 radical (unpaired) electrons. The molecule has 0 atom stereocenters. The number of aryl methyl sites for hydroxylation is 1. The van der Waals surface area contributed by atoms with Crippen molar-refractivity contribution in [3.63, 3.8) is 0 Å². The van der Waals surface area contributed by atoms with Crippen LogP contribution in [0.4, 0.5) is 4.39 Å². The number of nitrogens with one attached hydrogen (secondary N) is 1. The summed E-state index contributed by atoms with van der Waals surface area (Å²) in [4.78, 5) is 11.5. The van der Waals surface area contributed by atoms with Crippen LogP contribution in [-0.4, -0.2) is 19.0 Å². The van der Waals surface area contributed by atoms with Gasteiger partial charge in [-0.1, -0.05) is 0 Å². The summed E-state index contributed by atoms with van der Waals surface area (Å²) >= 11 is 0. The first-order valence-corrected chi connectivity index (χ1v) is 4.89. The van der Waals surface area contributed by atoms with Crippen molar-refractivity contribution in [2.24, 2.45) is 5.73 Å². The number of amides is 1. The van der Waals surface area contributed by atoms with Crippen LogP contribution in [0.25, 0.3) is 0 Å². The molecule has 82 valence electrons. The van der Waals surface area contributed by atoms with Crippen molar-refractivity contribution in [3.8, 4) is 0 Å². The molecule has 0 spiro atoms. The molecular formula is C11H15FN2O. The summed E-state index contributed by atoms with van der Waals surface area (Å²) < 4.78 is 13.0. The third-order valence-electron chi connectivity index (χ3n) is 1.97. The van der Waals surface area contributed by atoms with Gasteiger partial charge in [-0.15, -0.1) is 0 Å². The van der Waals surface area contributed by atoms with E-state index in [9.17, 15) is 9.18 Å². The Labute approximate surface area is 88.5 Å². The molecule has 4 heteroatoms. The lowest BCUT2D eigenvalue weighted by molar-refractivity contribution is 0.0953. The Morgan fingerprint density at radius 1 is 1.47 bits per heavy atom. The van der Waals surface area contributed by atoms with E-state index in [1.807, 2.05) is 0 Å². The van der Waals surface area contributed by atoms with Gasteiger partial charge in [-0.3, -0.25) is 4.79 Å². The molecule has 1 aromatic carbocycles. The second kappa shape index (κ2) is 5.46. The zero-order valence-corrected chi connectivity index (χ0v) is 8.72. The predicted octanol–water partition coefficient (Wildman–Crippen LogP) is 1.21. The normalized spacial score (nSPS) is 10.1. The maximum Gasteiger partial charge on any atom is 0.251 e. The van der Waals surface area contributed by atoms with E-state index in [0.29, 0.717) is 18.7 Å². The first-order valence-electron chi connectivity index (χ1n) is 4.89. The third-order valence-corrected chi connectivity index (χ3v) is 1.97. The van der Waals surface area contributed by atoms with E-state index in [0.717, 1.165) is 12.0 Å². The average Bonchev–Trinajstić information content (AvgIpc) is 2.16. The Morgan fingerprint density at radius 2 is 2.20 bits per heavy atom. The molecule has 0 saturated carbocycles. The van der Waals surface area contributed by atoms with Gasteiger partial charge in [0.2, 0.25) is 0 Å². The van der Waals surface area contributed by atoms with Crippen molar-refractivity contribution in [3.05, 3.63) is 35.1 Å². The maximum absolute atomic E-state index is 13.0. The van der Waals surface area contributed by atoms with Crippen LogP contribution < -0.4 is 11.1 Å². The molecule has 0 fully saturated rings. The molecule has 1 amide bonds. The van der Waals surface area contributed by atoms with Crippen molar-refractivity contribution in [1.82, 2.24) is 5.32 Å². The fraction of sp³-hybridized carbons (Fsp3) is 0.364. The number of hydrogen-bond donors (Lipinski definition) is 2. The van der Waals surface area contributed by atoms with Crippen LogP contribution in [-0.2, 0) is 0 Å². The number of carbonyl (C=O) groups is 1. The van der Waals surface area contributed by atoms with Gasteiger partial charge in [0.05, 0.1) is 0 Å². The van der Waals surface area contributed by atoms with Crippen LogP contribution in [0.5, 0.6) is 0 Å². The minimum absolute atomic E-state index is 0.258. The molecular weight excluding hydrogens is 195 g/mol. The highest BCUT2D eigenvalue weighted by Gasteiger charge is 2.06. The molecule has 1 aromatic rings. The second-order valence-electron chi connectivity index (χ2n) is 3.42. The molecule has 0 aliphatic carbocycles. The zero-order chi connectivity index (χ0) is 11.3. The van der Waals surface area contributed by atoms with Gasteiger partial charge in [-0.25, -0.2) is 4.39 Å². The number of rotatable bonds is 4. The smallest absolute Gasteiger partial charge is 0.251 e. The molecule has 3 N–H and O–H groups in total. The summed E-state index contributed by atoms with van der Waals surface area (Å²) in [5.74, 6) is -0.648. The van der Waals surface area contributed by atoms with Gasteiger partial charge in [0.1, 0.15) is 5.82 Å². The van der Waals surface area contributed by atoms with E-state index in [1.165, 1.54) is 12.1 Å². The van der Waals surface area contributed by atoms with Crippen LogP contribution in [0.3, 0.4) is 0 Å². The second-order valence-corrected chi connectivity index (χ2v) is 3.42. The SMILES string of the molecule is Cc1cc(F)cc(C(=O)NCCCN)c1. The molecule has 0 aromatic heterocycles. The Balaban J connectivity index is 2.65. The number of hydrogen-bond acceptors (Lipinski definition) is 2. The molecule has 0 saturated heterocycles.